The van der Waals surface area contributed by atoms with E-state index in [4.69, 9.17) is 5.11 Å². The van der Waals surface area contributed by atoms with Crippen LogP contribution in [0.25, 0.3) is 0 Å². The second-order valence-electron chi connectivity index (χ2n) is 7.89. The number of fused-ring (bicyclic) bond motifs is 2. The smallest absolute Gasteiger partial charge is 0.325 e. The van der Waals surface area contributed by atoms with E-state index >= 15 is 0 Å². The van der Waals surface area contributed by atoms with Crippen LogP contribution in [-0.2, 0) is 11.3 Å². The van der Waals surface area contributed by atoms with Crippen LogP contribution in [0.2, 0.25) is 0 Å². The van der Waals surface area contributed by atoms with E-state index in [9.17, 15) is 14.4 Å². The molecule has 8 nitrogen and oxygen atoms in total. The molecule has 2 bridgehead atoms. The first-order valence-corrected chi connectivity index (χ1v) is 9.45. The summed E-state index contributed by atoms with van der Waals surface area (Å²) in [5, 5.41) is 18.2. The SMILES string of the molecule is C[C@H]1[C@H](NC(=O)Nc2cnn(CC(=O)O)c(=O)c2Br)C[C@H]2C[C@@H]1C2(C)C. The molecule has 1 aromatic heterocycles. The van der Waals surface area contributed by atoms with Crippen molar-refractivity contribution < 1.29 is 14.7 Å². The van der Waals surface area contributed by atoms with Gasteiger partial charge in [-0.15, -0.1) is 0 Å². The highest BCUT2D eigenvalue weighted by Gasteiger charge is 2.56. The van der Waals surface area contributed by atoms with Crippen molar-refractivity contribution in [1.29, 1.82) is 0 Å². The number of nitrogens with one attached hydrogen (secondary N) is 2. The molecule has 3 aliphatic rings. The number of carboxylic acids is 1. The maximum Gasteiger partial charge on any atom is 0.325 e. The Kier molecular flexibility index (Phi) is 4.85. The van der Waals surface area contributed by atoms with Gasteiger partial charge in [0.05, 0.1) is 11.9 Å². The molecule has 0 spiro atoms. The predicted octanol–water partition coefficient (Wildman–Crippen LogP) is 2.28. The zero-order valence-corrected chi connectivity index (χ0v) is 16.5. The number of anilines is 1. The molecule has 0 saturated heterocycles. The number of amides is 2. The molecule has 4 atom stereocenters. The molecule has 1 aromatic rings. The number of rotatable bonds is 4. The zero-order chi connectivity index (χ0) is 19.2. The molecular weight excluding hydrogens is 404 g/mol. The van der Waals surface area contributed by atoms with Gasteiger partial charge in [-0.2, -0.15) is 5.10 Å². The average molecular weight is 427 g/mol. The topological polar surface area (TPSA) is 113 Å². The summed E-state index contributed by atoms with van der Waals surface area (Å²) in [7, 11) is 0. The van der Waals surface area contributed by atoms with Crippen LogP contribution in [0.4, 0.5) is 10.5 Å². The highest BCUT2D eigenvalue weighted by molar-refractivity contribution is 9.10. The van der Waals surface area contributed by atoms with Gasteiger partial charge in [-0.1, -0.05) is 20.8 Å². The van der Waals surface area contributed by atoms with Crippen LogP contribution in [0, 0.1) is 23.2 Å². The van der Waals surface area contributed by atoms with E-state index < -0.39 is 18.1 Å². The van der Waals surface area contributed by atoms with Crippen LogP contribution >= 0.6 is 15.9 Å². The van der Waals surface area contributed by atoms with Gasteiger partial charge in [0.1, 0.15) is 11.0 Å². The number of carboxylic acid groups (broad SMARTS) is 1. The molecule has 1 heterocycles. The predicted molar refractivity (Wildman–Crippen MR) is 98.9 cm³/mol. The van der Waals surface area contributed by atoms with E-state index in [1.54, 1.807) is 0 Å². The number of carbonyl (C=O) groups excluding carboxylic acids is 1. The zero-order valence-electron chi connectivity index (χ0n) is 15.0. The molecule has 0 aromatic carbocycles. The van der Waals surface area contributed by atoms with Crippen LogP contribution in [-0.4, -0.2) is 32.9 Å². The third kappa shape index (κ3) is 3.24. The third-order valence-corrected chi connectivity index (χ3v) is 6.96. The van der Waals surface area contributed by atoms with Gasteiger partial charge >= 0.3 is 12.0 Å². The number of urea groups is 1. The molecule has 3 N–H and O–H groups in total. The fourth-order valence-corrected chi connectivity index (χ4v) is 4.87. The minimum absolute atomic E-state index is 0.0737. The first-order valence-electron chi connectivity index (χ1n) is 8.66. The number of carbonyl (C=O) groups is 2. The summed E-state index contributed by atoms with van der Waals surface area (Å²) in [5.74, 6) is 0.464. The molecule has 0 unspecified atom stereocenters. The van der Waals surface area contributed by atoms with E-state index in [0.717, 1.165) is 11.1 Å². The molecular formula is C17H23BrN4O4. The van der Waals surface area contributed by atoms with Crippen molar-refractivity contribution in [3.05, 3.63) is 21.0 Å². The number of hydrogen-bond acceptors (Lipinski definition) is 4. The van der Waals surface area contributed by atoms with Crippen molar-refractivity contribution in [2.24, 2.45) is 23.2 Å². The molecule has 4 rings (SSSR count). The van der Waals surface area contributed by atoms with Gasteiger partial charge in [-0.25, -0.2) is 9.48 Å². The summed E-state index contributed by atoms with van der Waals surface area (Å²) in [6, 6.07) is -0.287. The van der Waals surface area contributed by atoms with Crippen molar-refractivity contribution >= 4 is 33.6 Å². The van der Waals surface area contributed by atoms with E-state index in [1.807, 2.05) is 0 Å². The fourth-order valence-electron chi connectivity index (χ4n) is 4.46. The average Bonchev–Trinajstić information content (AvgIpc) is 2.55. The van der Waals surface area contributed by atoms with E-state index in [2.05, 4.69) is 52.4 Å². The minimum atomic E-state index is -1.17. The quantitative estimate of drug-likeness (QED) is 0.683. The molecule has 9 heteroatoms. The Morgan fingerprint density at radius 2 is 2.12 bits per heavy atom. The molecule has 26 heavy (non-hydrogen) atoms. The molecule has 3 aliphatic carbocycles. The highest BCUT2D eigenvalue weighted by atomic mass is 79.9. The van der Waals surface area contributed by atoms with Crippen molar-refractivity contribution in [2.75, 3.05) is 5.32 Å². The maximum absolute atomic E-state index is 12.4. The highest BCUT2D eigenvalue weighted by Crippen LogP contribution is 2.61. The maximum atomic E-state index is 12.4. The van der Waals surface area contributed by atoms with Crippen LogP contribution in [0.15, 0.2) is 15.5 Å². The van der Waals surface area contributed by atoms with Crippen molar-refractivity contribution in [3.63, 3.8) is 0 Å². The van der Waals surface area contributed by atoms with Gasteiger partial charge in [0.15, 0.2) is 0 Å². The third-order valence-electron chi connectivity index (χ3n) is 6.19. The number of halogens is 1. The molecule has 2 amide bonds. The summed E-state index contributed by atoms with van der Waals surface area (Å²) in [5.41, 5.74) is -0.0577. The van der Waals surface area contributed by atoms with E-state index in [-0.39, 0.29) is 22.2 Å². The Balaban J connectivity index is 1.65. The minimum Gasteiger partial charge on any atom is -0.480 e. The molecule has 0 radical (unpaired) electrons. The lowest BCUT2D eigenvalue weighted by molar-refractivity contribution is -0.138. The van der Waals surface area contributed by atoms with Crippen molar-refractivity contribution in [2.45, 2.75) is 46.2 Å². The largest absolute Gasteiger partial charge is 0.480 e. The Morgan fingerprint density at radius 3 is 2.69 bits per heavy atom. The second-order valence-corrected chi connectivity index (χ2v) is 8.68. The number of nitrogens with zero attached hydrogens (tertiary/aromatic N) is 2. The normalized spacial score (nSPS) is 28.8. The first-order chi connectivity index (χ1) is 12.1. The van der Waals surface area contributed by atoms with Crippen LogP contribution < -0.4 is 16.2 Å². The summed E-state index contributed by atoms with van der Waals surface area (Å²) < 4.78 is 0.887. The Labute approximate surface area is 159 Å². The Bertz CT molecular complexity index is 806. The second kappa shape index (κ2) is 6.68. The Morgan fingerprint density at radius 1 is 1.42 bits per heavy atom. The van der Waals surface area contributed by atoms with Crippen LogP contribution in [0.1, 0.15) is 33.6 Å². The lowest BCUT2D eigenvalue weighted by atomic mass is 9.45. The Hall–Kier alpha value is -1.90. The standard InChI is InChI=1S/C17H23BrN4O4/c1-8-10-4-9(17(10,2)3)5-11(8)20-16(26)21-12-6-19-22(7-13(23)24)15(25)14(12)18/h6,8-11H,4-5,7H2,1-3H3,(H,23,24)(H2,20,21,26)/t8-,9-,10+,11-/m1/s1. The number of aliphatic carboxylic acids is 1. The monoisotopic (exact) mass is 426 g/mol. The molecule has 3 saturated carbocycles. The van der Waals surface area contributed by atoms with E-state index in [0.29, 0.717) is 23.2 Å². The number of aromatic nitrogens is 2. The van der Waals surface area contributed by atoms with Gasteiger partial charge < -0.3 is 15.7 Å². The lowest BCUT2D eigenvalue weighted by Gasteiger charge is -2.62. The van der Waals surface area contributed by atoms with Crippen molar-refractivity contribution in [3.8, 4) is 0 Å². The van der Waals surface area contributed by atoms with Gasteiger partial charge in [-0.3, -0.25) is 9.59 Å². The molecule has 3 fully saturated rings. The van der Waals surface area contributed by atoms with Crippen molar-refractivity contribution in [1.82, 2.24) is 15.1 Å². The van der Waals surface area contributed by atoms with Gasteiger partial charge in [0.25, 0.3) is 5.56 Å². The van der Waals surface area contributed by atoms with E-state index in [1.165, 1.54) is 12.6 Å². The summed E-state index contributed by atoms with van der Waals surface area (Å²) in [6.45, 7) is 6.24. The van der Waals surface area contributed by atoms with Gasteiger partial charge in [0, 0.05) is 6.04 Å². The fraction of sp³-hybridized carbons (Fsp3) is 0.647. The van der Waals surface area contributed by atoms with Crippen LogP contribution in [0.5, 0.6) is 0 Å². The lowest BCUT2D eigenvalue weighted by Crippen LogP contribution is -2.61. The molecule has 142 valence electrons. The molecule has 0 aliphatic heterocycles. The summed E-state index contributed by atoms with van der Waals surface area (Å²) in [6.07, 6.45) is 3.45. The van der Waals surface area contributed by atoms with Gasteiger partial charge in [0.2, 0.25) is 0 Å². The van der Waals surface area contributed by atoms with Gasteiger partial charge in [-0.05, 0) is 51.9 Å². The summed E-state index contributed by atoms with van der Waals surface area (Å²) in [4.78, 5) is 35.2. The van der Waals surface area contributed by atoms with Crippen LogP contribution in [0.3, 0.4) is 0 Å². The first kappa shape index (κ1) is 18.9. The number of hydrogen-bond donors (Lipinski definition) is 3. The summed E-state index contributed by atoms with van der Waals surface area (Å²) >= 11 is 3.11.